The van der Waals surface area contributed by atoms with Crippen molar-refractivity contribution < 1.29 is 4.79 Å². The van der Waals surface area contributed by atoms with Crippen molar-refractivity contribution >= 4 is 28.6 Å². The highest BCUT2D eigenvalue weighted by molar-refractivity contribution is 8.00. The normalized spacial score (nSPS) is 10.8. The van der Waals surface area contributed by atoms with Crippen LogP contribution in [-0.2, 0) is 4.79 Å². The summed E-state index contributed by atoms with van der Waals surface area (Å²) in [5.41, 5.74) is 1.87. The Morgan fingerprint density at radius 1 is 1.04 bits per heavy atom. The van der Waals surface area contributed by atoms with Crippen molar-refractivity contribution in [1.29, 1.82) is 0 Å². The first-order valence-electron chi connectivity index (χ1n) is 8.49. The highest BCUT2D eigenvalue weighted by Gasteiger charge is 2.11. The van der Waals surface area contributed by atoms with Crippen molar-refractivity contribution in [2.75, 3.05) is 12.3 Å². The van der Waals surface area contributed by atoms with Crippen molar-refractivity contribution in [1.82, 2.24) is 15.3 Å². The minimum Gasteiger partial charge on any atom is -0.355 e. The van der Waals surface area contributed by atoms with Gasteiger partial charge in [0, 0.05) is 17.5 Å². The molecule has 3 rings (SSSR count). The van der Waals surface area contributed by atoms with Gasteiger partial charge in [0.1, 0.15) is 5.03 Å². The van der Waals surface area contributed by atoms with Crippen LogP contribution in [0.2, 0.25) is 0 Å². The Hall–Kier alpha value is -2.40. The first-order chi connectivity index (χ1) is 12.3. The van der Waals surface area contributed by atoms with E-state index in [0.29, 0.717) is 11.6 Å². The topological polar surface area (TPSA) is 54.9 Å². The van der Waals surface area contributed by atoms with E-state index in [-0.39, 0.29) is 5.91 Å². The summed E-state index contributed by atoms with van der Waals surface area (Å²) in [6.07, 6.45) is 2.08. The second-order valence-corrected chi connectivity index (χ2v) is 6.69. The average Bonchev–Trinajstić information content (AvgIpc) is 2.67. The number of nitrogens with one attached hydrogen (secondary N) is 1. The monoisotopic (exact) mass is 351 g/mol. The highest BCUT2D eigenvalue weighted by atomic mass is 32.2. The highest BCUT2D eigenvalue weighted by Crippen LogP contribution is 2.28. The maximum atomic E-state index is 12.0. The predicted octanol–water partition coefficient (Wildman–Crippen LogP) is 4.31. The molecule has 0 spiro atoms. The number of aromatic nitrogens is 2. The number of hydrogen-bond donors (Lipinski definition) is 1. The van der Waals surface area contributed by atoms with Crippen LogP contribution < -0.4 is 5.32 Å². The number of unbranched alkanes of at least 4 members (excludes halogenated alkanes) is 1. The lowest BCUT2D eigenvalue weighted by Gasteiger charge is -2.09. The molecule has 1 N–H and O–H groups in total. The molecule has 0 fully saturated rings. The summed E-state index contributed by atoms with van der Waals surface area (Å²) in [6, 6.07) is 17.8. The molecule has 1 heterocycles. The molecule has 0 aliphatic heterocycles. The number of benzene rings is 2. The summed E-state index contributed by atoms with van der Waals surface area (Å²) in [6.45, 7) is 2.84. The lowest BCUT2D eigenvalue weighted by molar-refractivity contribution is -0.118. The minimum atomic E-state index is 0.0439. The summed E-state index contributed by atoms with van der Waals surface area (Å²) in [5, 5.41) is 4.77. The summed E-state index contributed by atoms with van der Waals surface area (Å²) in [7, 11) is 0. The Labute approximate surface area is 152 Å². The predicted molar refractivity (Wildman–Crippen MR) is 104 cm³/mol. The standard InChI is InChI=1S/C20H21N3OS/c1-2-3-13-21-18(24)14-25-20-16-11-7-8-12-17(16)22-19(23-20)15-9-5-4-6-10-15/h4-12H,2-3,13-14H2,1H3,(H,21,24). The maximum absolute atomic E-state index is 12.0. The molecule has 5 heteroatoms. The van der Waals surface area contributed by atoms with Crippen LogP contribution in [0, 0.1) is 0 Å². The van der Waals surface area contributed by atoms with Crippen molar-refractivity contribution in [3.8, 4) is 11.4 Å². The first-order valence-corrected chi connectivity index (χ1v) is 9.48. The van der Waals surface area contributed by atoms with Gasteiger partial charge >= 0.3 is 0 Å². The zero-order valence-corrected chi connectivity index (χ0v) is 15.1. The fourth-order valence-corrected chi connectivity index (χ4v) is 3.31. The van der Waals surface area contributed by atoms with Gasteiger partial charge in [0.15, 0.2) is 5.82 Å². The van der Waals surface area contributed by atoms with Crippen LogP contribution in [0.1, 0.15) is 19.8 Å². The molecular weight excluding hydrogens is 330 g/mol. The lowest BCUT2D eigenvalue weighted by atomic mass is 10.2. The van der Waals surface area contributed by atoms with E-state index in [2.05, 4.69) is 17.2 Å². The Morgan fingerprint density at radius 2 is 1.80 bits per heavy atom. The molecule has 0 saturated carbocycles. The molecule has 0 radical (unpaired) electrons. The third kappa shape index (κ3) is 4.57. The number of hydrogen-bond acceptors (Lipinski definition) is 4. The Kier molecular flexibility index (Phi) is 6.01. The van der Waals surface area contributed by atoms with E-state index >= 15 is 0 Å². The summed E-state index contributed by atoms with van der Waals surface area (Å²) >= 11 is 1.46. The number of nitrogens with zero attached hydrogens (tertiary/aromatic N) is 2. The molecule has 0 bridgehead atoms. The van der Waals surface area contributed by atoms with Gasteiger partial charge in [0.05, 0.1) is 11.3 Å². The molecule has 0 aliphatic carbocycles. The van der Waals surface area contributed by atoms with Crippen molar-refractivity contribution in [3.05, 3.63) is 54.6 Å². The van der Waals surface area contributed by atoms with E-state index in [4.69, 9.17) is 4.98 Å². The SMILES string of the molecule is CCCCNC(=O)CSc1nc(-c2ccccc2)nc2ccccc12. The molecule has 1 amide bonds. The van der Waals surface area contributed by atoms with Gasteiger partial charge in [-0.3, -0.25) is 4.79 Å². The third-order valence-corrected chi connectivity index (χ3v) is 4.78. The van der Waals surface area contributed by atoms with E-state index in [1.807, 2.05) is 54.6 Å². The Bertz CT molecular complexity index is 852. The van der Waals surface area contributed by atoms with E-state index < -0.39 is 0 Å². The van der Waals surface area contributed by atoms with Gasteiger partial charge in [-0.2, -0.15) is 0 Å². The summed E-state index contributed by atoms with van der Waals surface area (Å²) < 4.78 is 0. The van der Waals surface area contributed by atoms with Gasteiger partial charge in [0.25, 0.3) is 0 Å². The van der Waals surface area contributed by atoms with Gasteiger partial charge in [0.2, 0.25) is 5.91 Å². The minimum absolute atomic E-state index is 0.0439. The Morgan fingerprint density at radius 3 is 2.60 bits per heavy atom. The second kappa shape index (κ2) is 8.62. The van der Waals surface area contributed by atoms with Crippen LogP contribution in [0.5, 0.6) is 0 Å². The van der Waals surface area contributed by atoms with Crippen LogP contribution in [0.15, 0.2) is 59.6 Å². The van der Waals surface area contributed by atoms with Gasteiger partial charge < -0.3 is 5.32 Å². The zero-order valence-electron chi connectivity index (χ0n) is 14.2. The van der Waals surface area contributed by atoms with Gasteiger partial charge in [-0.05, 0) is 12.5 Å². The summed E-state index contributed by atoms with van der Waals surface area (Å²) in [5.74, 6) is 1.09. The quantitative estimate of drug-likeness (QED) is 0.392. The molecule has 0 unspecified atom stereocenters. The number of thioether (sulfide) groups is 1. The van der Waals surface area contributed by atoms with Crippen LogP contribution >= 0.6 is 11.8 Å². The number of amides is 1. The van der Waals surface area contributed by atoms with Crippen molar-refractivity contribution in [3.63, 3.8) is 0 Å². The molecule has 2 aromatic carbocycles. The van der Waals surface area contributed by atoms with Crippen LogP contribution in [0.3, 0.4) is 0 Å². The number of para-hydroxylation sites is 1. The van der Waals surface area contributed by atoms with Crippen LogP contribution in [0.25, 0.3) is 22.3 Å². The number of fused-ring (bicyclic) bond motifs is 1. The number of rotatable bonds is 7. The van der Waals surface area contributed by atoms with E-state index in [9.17, 15) is 4.79 Å². The molecule has 0 aliphatic rings. The second-order valence-electron chi connectivity index (χ2n) is 5.73. The van der Waals surface area contributed by atoms with E-state index in [0.717, 1.165) is 40.9 Å². The Balaban J connectivity index is 1.84. The fourth-order valence-electron chi connectivity index (χ4n) is 2.46. The van der Waals surface area contributed by atoms with Gasteiger partial charge in [-0.1, -0.05) is 73.6 Å². The lowest BCUT2D eigenvalue weighted by Crippen LogP contribution is -2.26. The molecule has 128 valence electrons. The van der Waals surface area contributed by atoms with Crippen molar-refractivity contribution in [2.24, 2.45) is 0 Å². The molecule has 0 atom stereocenters. The molecule has 1 aromatic heterocycles. The number of carbonyl (C=O) groups excluding carboxylic acids is 1. The molecule has 4 nitrogen and oxygen atoms in total. The maximum Gasteiger partial charge on any atom is 0.230 e. The molecule has 3 aromatic rings. The van der Waals surface area contributed by atoms with Crippen molar-refractivity contribution in [2.45, 2.75) is 24.8 Å². The zero-order chi connectivity index (χ0) is 17.5. The summed E-state index contributed by atoms with van der Waals surface area (Å²) in [4.78, 5) is 21.4. The number of carbonyl (C=O) groups is 1. The average molecular weight is 351 g/mol. The molecule has 0 saturated heterocycles. The van der Waals surface area contributed by atoms with E-state index in [1.54, 1.807) is 0 Å². The fraction of sp³-hybridized carbons (Fsp3) is 0.250. The first kappa shape index (κ1) is 17.4. The smallest absolute Gasteiger partial charge is 0.230 e. The van der Waals surface area contributed by atoms with Crippen LogP contribution in [-0.4, -0.2) is 28.2 Å². The molecular formula is C20H21N3OS. The van der Waals surface area contributed by atoms with Gasteiger partial charge in [-0.15, -0.1) is 0 Å². The largest absolute Gasteiger partial charge is 0.355 e. The third-order valence-electron chi connectivity index (χ3n) is 3.79. The van der Waals surface area contributed by atoms with E-state index in [1.165, 1.54) is 11.8 Å². The molecule has 25 heavy (non-hydrogen) atoms. The van der Waals surface area contributed by atoms with Crippen LogP contribution in [0.4, 0.5) is 0 Å². The van der Waals surface area contributed by atoms with Gasteiger partial charge in [-0.25, -0.2) is 9.97 Å².